The van der Waals surface area contributed by atoms with E-state index in [2.05, 4.69) is 26.6 Å². The molecule has 0 aliphatic carbocycles. The Morgan fingerprint density at radius 3 is 2.46 bits per heavy atom. The smallest absolute Gasteiger partial charge is 0.335 e. The van der Waals surface area contributed by atoms with Crippen molar-refractivity contribution >= 4 is 62.8 Å². The molecule has 12 heteroatoms. The van der Waals surface area contributed by atoms with E-state index in [1.807, 2.05) is 32.0 Å². The summed E-state index contributed by atoms with van der Waals surface area (Å²) in [6.45, 7) is 3.56. The second-order valence-corrected chi connectivity index (χ2v) is 9.43. The summed E-state index contributed by atoms with van der Waals surface area (Å²) >= 11 is 3.37. The van der Waals surface area contributed by atoms with Crippen LogP contribution >= 0.6 is 15.9 Å². The lowest BCUT2D eigenvalue weighted by Crippen LogP contribution is -2.54. The van der Waals surface area contributed by atoms with Crippen molar-refractivity contribution in [3.05, 3.63) is 97.5 Å². The van der Waals surface area contributed by atoms with Gasteiger partial charge in [-0.05, 0) is 82.9 Å². The molecule has 0 saturated carbocycles. The van der Waals surface area contributed by atoms with Crippen molar-refractivity contribution in [3.8, 4) is 5.75 Å². The highest BCUT2D eigenvalue weighted by Crippen LogP contribution is 2.29. The number of hydrogen-bond acceptors (Lipinski definition) is 7. The number of nitro groups is 1. The van der Waals surface area contributed by atoms with Crippen molar-refractivity contribution < 1.29 is 28.8 Å². The summed E-state index contributed by atoms with van der Waals surface area (Å²) in [6.07, 6.45) is 1.30. The van der Waals surface area contributed by atoms with Crippen molar-refractivity contribution in [2.45, 2.75) is 13.8 Å². The van der Waals surface area contributed by atoms with E-state index in [-0.39, 0.29) is 29.5 Å². The molecule has 0 aromatic heterocycles. The molecule has 0 atom stereocenters. The first kappa shape index (κ1) is 27.2. The molecule has 3 aromatic carbocycles. The average Bonchev–Trinajstić information content (AvgIpc) is 2.88. The molecule has 11 nitrogen and oxygen atoms in total. The summed E-state index contributed by atoms with van der Waals surface area (Å²) in [5, 5.41) is 15.8. The van der Waals surface area contributed by atoms with Crippen LogP contribution in [0.5, 0.6) is 5.75 Å². The molecule has 4 rings (SSSR count). The standard InChI is InChI=1S/C27H21BrN4O7/c1-15-3-4-16(2)22(11-15)29-24(33)14-39-23-10-5-17(13-21(23)28)12-20-25(34)30-27(36)31(26(20)35)18-6-8-19(9-7-18)32(37)38/h3-13H,14H2,1-2H3,(H,29,33)(H,30,34,36)/b20-12-. The van der Waals surface area contributed by atoms with E-state index in [0.717, 1.165) is 28.2 Å². The Bertz CT molecular complexity index is 1550. The Labute approximate surface area is 230 Å². The lowest BCUT2D eigenvalue weighted by Gasteiger charge is -2.26. The fraction of sp³-hybridized carbons (Fsp3) is 0.111. The number of halogens is 1. The topological polar surface area (TPSA) is 148 Å². The van der Waals surface area contributed by atoms with Gasteiger partial charge in [-0.2, -0.15) is 0 Å². The minimum absolute atomic E-state index is 0.0607. The molecule has 1 saturated heterocycles. The predicted molar refractivity (Wildman–Crippen MR) is 146 cm³/mol. The number of anilines is 2. The Hall–Kier alpha value is -4.84. The minimum atomic E-state index is -0.972. The Balaban J connectivity index is 1.48. The van der Waals surface area contributed by atoms with Crippen LogP contribution in [0.1, 0.15) is 16.7 Å². The van der Waals surface area contributed by atoms with Crippen LogP contribution in [-0.2, 0) is 14.4 Å². The van der Waals surface area contributed by atoms with Gasteiger partial charge in [-0.15, -0.1) is 0 Å². The van der Waals surface area contributed by atoms with E-state index >= 15 is 0 Å². The third-order valence-corrected chi connectivity index (χ3v) is 6.33. The van der Waals surface area contributed by atoms with Gasteiger partial charge in [0.15, 0.2) is 6.61 Å². The van der Waals surface area contributed by atoms with E-state index < -0.39 is 22.8 Å². The highest BCUT2D eigenvalue weighted by molar-refractivity contribution is 9.10. The van der Waals surface area contributed by atoms with Gasteiger partial charge in [-0.1, -0.05) is 18.2 Å². The van der Waals surface area contributed by atoms with Gasteiger partial charge < -0.3 is 10.1 Å². The van der Waals surface area contributed by atoms with Gasteiger partial charge in [0.05, 0.1) is 15.1 Å². The van der Waals surface area contributed by atoms with Crippen molar-refractivity contribution in [1.29, 1.82) is 0 Å². The Kier molecular flexibility index (Phi) is 7.86. The summed E-state index contributed by atoms with van der Waals surface area (Å²) in [4.78, 5) is 61.3. The molecule has 0 radical (unpaired) electrons. The number of benzene rings is 3. The monoisotopic (exact) mass is 592 g/mol. The van der Waals surface area contributed by atoms with Crippen molar-refractivity contribution in [1.82, 2.24) is 5.32 Å². The van der Waals surface area contributed by atoms with Crippen molar-refractivity contribution in [3.63, 3.8) is 0 Å². The van der Waals surface area contributed by atoms with Gasteiger partial charge in [0.1, 0.15) is 11.3 Å². The minimum Gasteiger partial charge on any atom is -0.483 e. The molecule has 198 valence electrons. The highest BCUT2D eigenvalue weighted by Gasteiger charge is 2.37. The number of nitro benzene ring substituents is 1. The number of nitrogens with one attached hydrogen (secondary N) is 2. The number of barbiturate groups is 1. The summed E-state index contributed by atoms with van der Waals surface area (Å²) in [5.41, 5.74) is 2.58. The molecule has 0 bridgehead atoms. The van der Waals surface area contributed by atoms with Crippen LogP contribution in [0.2, 0.25) is 0 Å². The summed E-state index contributed by atoms with van der Waals surface area (Å²) in [5.74, 6) is -1.77. The average molecular weight is 593 g/mol. The van der Waals surface area contributed by atoms with Crippen molar-refractivity contribution in [2.75, 3.05) is 16.8 Å². The second-order valence-electron chi connectivity index (χ2n) is 8.58. The molecule has 2 N–H and O–H groups in total. The van der Waals surface area contributed by atoms with Crippen molar-refractivity contribution in [2.24, 2.45) is 0 Å². The first-order chi connectivity index (χ1) is 18.5. The first-order valence-corrected chi connectivity index (χ1v) is 12.3. The summed E-state index contributed by atoms with van der Waals surface area (Å²) in [6, 6.07) is 14.2. The van der Waals surface area contributed by atoms with E-state index in [4.69, 9.17) is 4.74 Å². The fourth-order valence-electron chi connectivity index (χ4n) is 3.71. The largest absolute Gasteiger partial charge is 0.483 e. The van der Waals surface area contributed by atoms with E-state index in [1.54, 1.807) is 18.2 Å². The number of amides is 5. The van der Waals surface area contributed by atoms with Crippen LogP contribution in [0.25, 0.3) is 6.08 Å². The van der Waals surface area contributed by atoms with Gasteiger partial charge in [0.25, 0.3) is 23.4 Å². The molecule has 39 heavy (non-hydrogen) atoms. The zero-order chi connectivity index (χ0) is 28.3. The molecule has 1 aliphatic heterocycles. The van der Waals surface area contributed by atoms with Crippen LogP contribution in [0.3, 0.4) is 0 Å². The molecule has 5 amide bonds. The highest BCUT2D eigenvalue weighted by atomic mass is 79.9. The van der Waals surface area contributed by atoms with Crippen LogP contribution < -0.4 is 20.3 Å². The number of carbonyl (C=O) groups excluding carboxylic acids is 4. The van der Waals surface area contributed by atoms with E-state index in [0.29, 0.717) is 21.5 Å². The third-order valence-electron chi connectivity index (χ3n) is 5.71. The number of imide groups is 2. The summed E-state index contributed by atoms with van der Waals surface area (Å²) in [7, 11) is 0. The number of non-ortho nitro benzene ring substituents is 1. The molecule has 1 heterocycles. The van der Waals surface area contributed by atoms with Gasteiger partial charge >= 0.3 is 6.03 Å². The lowest BCUT2D eigenvalue weighted by atomic mass is 10.1. The summed E-state index contributed by atoms with van der Waals surface area (Å²) < 4.78 is 6.08. The molecule has 1 aliphatic rings. The second kappa shape index (κ2) is 11.3. The van der Waals surface area contributed by atoms with E-state index in [1.165, 1.54) is 18.2 Å². The molecule has 1 fully saturated rings. The van der Waals surface area contributed by atoms with Gasteiger partial charge in [-0.3, -0.25) is 29.8 Å². The number of nitrogens with zero attached hydrogens (tertiary/aromatic N) is 2. The molecular formula is C27H21BrN4O7. The number of carbonyl (C=O) groups is 4. The van der Waals surface area contributed by atoms with Gasteiger partial charge in [-0.25, -0.2) is 9.69 Å². The number of hydrogen-bond donors (Lipinski definition) is 2. The van der Waals surface area contributed by atoms with Gasteiger partial charge in [0.2, 0.25) is 0 Å². The number of urea groups is 1. The predicted octanol–water partition coefficient (Wildman–Crippen LogP) is 4.66. The normalized spacial score (nSPS) is 14.3. The van der Waals surface area contributed by atoms with E-state index in [9.17, 15) is 29.3 Å². The fourth-order valence-corrected chi connectivity index (χ4v) is 4.22. The maximum atomic E-state index is 13.1. The number of ether oxygens (including phenoxy) is 1. The first-order valence-electron chi connectivity index (χ1n) is 11.5. The SMILES string of the molecule is Cc1ccc(C)c(NC(=O)COc2ccc(/C=C3/C(=O)NC(=O)N(c4ccc([N+](=O)[O-])cc4)C3=O)cc2Br)c1. The zero-order valence-corrected chi connectivity index (χ0v) is 22.3. The maximum absolute atomic E-state index is 13.1. The van der Waals surface area contributed by atoms with Crippen LogP contribution in [-0.4, -0.2) is 35.3 Å². The number of aryl methyl sites for hydroxylation is 2. The molecular weight excluding hydrogens is 572 g/mol. The molecule has 3 aromatic rings. The van der Waals surface area contributed by atoms with Crippen LogP contribution in [0.15, 0.2) is 70.7 Å². The Morgan fingerprint density at radius 1 is 1.08 bits per heavy atom. The van der Waals surface area contributed by atoms with Crippen LogP contribution in [0.4, 0.5) is 21.9 Å². The molecule has 0 unspecified atom stereocenters. The van der Waals surface area contributed by atoms with Gasteiger partial charge in [0, 0.05) is 17.8 Å². The van der Waals surface area contributed by atoms with Crippen LogP contribution in [0, 0.1) is 24.0 Å². The number of rotatable bonds is 7. The zero-order valence-electron chi connectivity index (χ0n) is 20.7. The Morgan fingerprint density at radius 2 is 1.79 bits per heavy atom. The molecule has 0 spiro atoms. The lowest BCUT2D eigenvalue weighted by molar-refractivity contribution is -0.384. The third kappa shape index (κ3) is 6.18. The quantitative estimate of drug-likeness (QED) is 0.175. The maximum Gasteiger partial charge on any atom is 0.335 e.